The zero-order valence-corrected chi connectivity index (χ0v) is 11.4. The van der Waals surface area contributed by atoms with Crippen molar-refractivity contribution in [2.45, 2.75) is 25.3 Å². The van der Waals surface area contributed by atoms with Crippen molar-refractivity contribution in [3.8, 4) is 0 Å². The maximum atomic E-state index is 12.7. The molecule has 1 aromatic carbocycles. The Morgan fingerprint density at radius 2 is 1.80 bits per heavy atom. The summed E-state index contributed by atoms with van der Waals surface area (Å²) in [6.07, 6.45) is 3.43. The van der Waals surface area contributed by atoms with Gasteiger partial charge in [-0.15, -0.1) is 0 Å². The standard InChI is InChI=1S/C16H18N2O2/c19-15-12-10-17-9-5-4-8-13(17)14(12)16(20)18(15)11-6-2-1-3-7-11/h1-3,6-7,12-14H,4-5,8-10H2/t12-,13-,14-/m0/s1. The number of anilines is 1. The van der Waals surface area contributed by atoms with Gasteiger partial charge in [-0.1, -0.05) is 24.6 Å². The van der Waals surface area contributed by atoms with Crippen LogP contribution in [0.3, 0.4) is 0 Å². The molecule has 1 aromatic rings. The van der Waals surface area contributed by atoms with Crippen LogP contribution in [0.1, 0.15) is 19.3 Å². The molecule has 3 aliphatic rings. The normalized spacial score (nSPS) is 33.4. The van der Waals surface area contributed by atoms with Gasteiger partial charge in [0, 0.05) is 12.6 Å². The number of fused-ring (bicyclic) bond motifs is 3. The highest BCUT2D eigenvalue weighted by molar-refractivity contribution is 6.22. The Kier molecular flexibility index (Phi) is 2.67. The minimum absolute atomic E-state index is 0.000556. The molecule has 3 saturated heterocycles. The van der Waals surface area contributed by atoms with Crippen LogP contribution < -0.4 is 4.90 Å². The predicted molar refractivity (Wildman–Crippen MR) is 75.1 cm³/mol. The van der Waals surface area contributed by atoms with Crippen LogP contribution in [0.25, 0.3) is 0 Å². The van der Waals surface area contributed by atoms with Gasteiger partial charge >= 0.3 is 0 Å². The van der Waals surface area contributed by atoms with Crippen LogP contribution in [0.15, 0.2) is 30.3 Å². The number of nitrogens with zero attached hydrogens (tertiary/aromatic N) is 2. The van der Waals surface area contributed by atoms with Crippen LogP contribution in [0.4, 0.5) is 5.69 Å². The number of carbonyl (C=O) groups is 2. The molecule has 3 fully saturated rings. The highest BCUT2D eigenvalue weighted by atomic mass is 16.2. The molecule has 0 saturated carbocycles. The van der Waals surface area contributed by atoms with Gasteiger partial charge in [0.15, 0.2) is 0 Å². The largest absolute Gasteiger partial charge is 0.299 e. The first-order valence-electron chi connectivity index (χ1n) is 7.44. The predicted octanol–water partition coefficient (Wildman–Crippen LogP) is 1.66. The average Bonchev–Trinajstić information content (AvgIpc) is 2.97. The van der Waals surface area contributed by atoms with Crippen LogP contribution in [0, 0.1) is 11.8 Å². The van der Waals surface area contributed by atoms with Gasteiger partial charge in [-0.3, -0.25) is 14.5 Å². The maximum absolute atomic E-state index is 12.7. The van der Waals surface area contributed by atoms with Gasteiger partial charge in [0.25, 0.3) is 0 Å². The zero-order valence-electron chi connectivity index (χ0n) is 11.4. The average molecular weight is 270 g/mol. The van der Waals surface area contributed by atoms with E-state index in [1.807, 2.05) is 30.3 Å². The molecule has 3 atom stereocenters. The van der Waals surface area contributed by atoms with Gasteiger partial charge in [0.2, 0.25) is 11.8 Å². The first-order valence-corrected chi connectivity index (χ1v) is 7.44. The molecule has 0 spiro atoms. The topological polar surface area (TPSA) is 40.6 Å². The Morgan fingerprint density at radius 1 is 1.00 bits per heavy atom. The van der Waals surface area contributed by atoms with E-state index < -0.39 is 0 Å². The molecule has 104 valence electrons. The molecule has 4 rings (SSSR count). The Labute approximate surface area is 118 Å². The van der Waals surface area contributed by atoms with Crippen molar-refractivity contribution in [3.05, 3.63) is 30.3 Å². The summed E-state index contributed by atoms with van der Waals surface area (Å²) in [5.41, 5.74) is 0.722. The minimum Gasteiger partial charge on any atom is -0.299 e. The molecule has 0 radical (unpaired) electrons. The fourth-order valence-electron chi connectivity index (χ4n) is 4.11. The SMILES string of the molecule is O=C1[C@H]2[C@H](CN3CCCC[C@@H]23)C(=O)N1c1ccccc1. The van der Waals surface area contributed by atoms with Crippen molar-refractivity contribution in [2.24, 2.45) is 11.8 Å². The number of para-hydroxylation sites is 1. The summed E-state index contributed by atoms with van der Waals surface area (Å²) in [6, 6.07) is 9.62. The van der Waals surface area contributed by atoms with Gasteiger partial charge in [0.05, 0.1) is 17.5 Å². The van der Waals surface area contributed by atoms with E-state index in [1.165, 1.54) is 17.7 Å². The molecule has 3 heterocycles. The minimum atomic E-state index is -0.120. The van der Waals surface area contributed by atoms with E-state index >= 15 is 0 Å². The van der Waals surface area contributed by atoms with E-state index in [0.717, 1.165) is 25.2 Å². The van der Waals surface area contributed by atoms with E-state index in [2.05, 4.69) is 4.90 Å². The summed E-state index contributed by atoms with van der Waals surface area (Å²) in [6.45, 7) is 1.81. The summed E-state index contributed by atoms with van der Waals surface area (Å²) in [7, 11) is 0. The second-order valence-electron chi connectivity index (χ2n) is 6.04. The Balaban J connectivity index is 1.68. The molecular weight excluding hydrogens is 252 g/mol. The lowest BCUT2D eigenvalue weighted by molar-refractivity contribution is -0.123. The molecule has 4 nitrogen and oxygen atoms in total. The van der Waals surface area contributed by atoms with E-state index in [9.17, 15) is 9.59 Å². The lowest BCUT2D eigenvalue weighted by Crippen LogP contribution is -2.43. The molecule has 2 amide bonds. The van der Waals surface area contributed by atoms with Crippen LogP contribution >= 0.6 is 0 Å². The summed E-state index contributed by atoms with van der Waals surface area (Å²) in [4.78, 5) is 29.1. The summed E-state index contributed by atoms with van der Waals surface area (Å²) in [5, 5.41) is 0. The van der Waals surface area contributed by atoms with Crippen molar-refractivity contribution in [3.63, 3.8) is 0 Å². The first kappa shape index (κ1) is 12.1. The van der Waals surface area contributed by atoms with Gasteiger partial charge in [-0.2, -0.15) is 0 Å². The molecule has 0 bridgehead atoms. The van der Waals surface area contributed by atoms with E-state index in [4.69, 9.17) is 0 Å². The third-order valence-electron chi connectivity index (χ3n) is 5.00. The summed E-state index contributed by atoms with van der Waals surface area (Å²) < 4.78 is 0. The first-order chi connectivity index (χ1) is 9.77. The lowest BCUT2D eigenvalue weighted by atomic mass is 9.89. The molecular formula is C16H18N2O2. The second kappa shape index (κ2) is 4.42. The fourth-order valence-corrected chi connectivity index (χ4v) is 4.11. The fraction of sp³-hybridized carbons (Fsp3) is 0.500. The third-order valence-corrected chi connectivity index (χ3v) is 5.00. The zero-order chi connectivity index (χ0) is 13.7. The number of carbonyl (C=O) groups excluding carboxylic acids is 2. The molecule has 4 heteroatoms. The molecule has 0 unspecified atom stereocenters. The molecule has 20 heavy (non-hydrogen) atoms. The number of rotatable bonds is 1. The second-order valence-corrected chi connectivity index (χ2v) is 6.04. The maximum Gasteiger partial charge on any atom is 0.239 e. The molecule has 0 aliphatic carbocycles. The third kappa shape index (κ3) is 1.57. The quantitative estimate of drug-likeness (QED) is 0.729. The number of imide groups is 1. The Hall–Kier alpha value is -1.68. The van der Waals surface area contributed by atoms with E-state index in [0.29, 0.717) is 6.04 Å². The number of hydrogen-bond donors (Lipinski definition) is 0. The van der Waals surface area contributed by atoms with Crippen molar-refractivity contribution in [1.29, 1.82) is 0 Å². The van der Waals surface area contributed by atoms with Crippen LogP contribution in [-0.2, 0) is 9.59 Å². The van der Waals surface area contributed by atoms with Crippen molar-refractivity contribution in [2.75, 3.05) is 18.0 Å². The number of piperidine rings is 1. The van der Waals surface area contributed by atoms with Gasteiger partial charge in [-0.05, 0) is 31.5 Å². The summed E-state index contributed by atoms with van der Waals surface area (Å²) >= 11 is 0. The Morgan fingerprint density at radius 3 is 2.60 bits per heavy atom. The smallest absolute Gasteiger partial charge is 0.239 e. The molecule has 0 N–H and O–H groups in total. The van der Waals surface area contributed by atoms with Crippen molar-refractivity contribution < 1.29 is 9.59 Å². The monoisotopic (exact) mass is 270 g/mol. The molecule has 3 aliphatic heterocycles. The number of amides is 2. The van der Waals surface area contributed by atoms with E-state index in [-0.39, 0.29) is 23.7 Å². The lowest BCUT2D eigenvalue weighted by Gasteiger charge is -2.32. The van der Waals surface area contributed by atoms with Gasteiger partial charge in [-0.25, -0.2) is 4.90 Å². The summed E-state index contributed by atoms with van der Waals surface area (Å²) in [5.74, 6) is -0.213. The van der Waals surface area contributed by atoms with Crippen molar-refractivity contribution in [1.82, 2.24) is 4.90 Å². The number of hydrogen-bond acceptors (Lipinski definition) is 3. The molecule has 0 aromatic heterocycles. The van der Waals surface area contributed by atoms with Gasteiger partial charge in [0.1, 0.15) is 0 Å². The van der Waals surface area contributed by atoms with Crippen molar-refractivity contribution >= 4 is 17.5 Å². The highest BCUT2D eigenvalue weighted by Crippen LogP contribution is 2.43. The van der Waals surface area contributed by atoms with Gasteiger partial charge < -0.3 is 0 Å². The van der Waals surface area contributed by atoms with Crippen LogP contribution in [0.5, 0.6) is 0 Å². The Bertz CT molecular complexity index is 557. The van der Waals surface area contributed by atoms with E-state index in [1.54, 1.807) is 0 Å². The van der Waals surface area contributed by atoms with Crippen LogP contribution in [-0.4, -0.2) is 35.8 Å². The highest BCUT2D eigenvalue weighted by Gasteiger charge is 2.57. The number of benzene rings is 1. The van der Waals surface area contributed by atoms with Crippen LogP contribution in [0.2, 0.25) is 0 Å².